The van der Waals surface area contributed by atoms with Gasteiger partial charge in [0.05, 0.1) is 0 Å². The van der Waals surface area contributed by atoms with Gasteiger partial charge in [0.2, 0.25) is 0 Å². The van der Waals surface area contributed by atoms with E-state index in [9.17, 15) is 4.39 Å². The van der Waals surface area contributed by atoms with E-state index < -0.39 is 0 Å². The molecule has 0 aromatic heterocycles. The highest BCUT2D eigenvalue weighted by Crippen LogP contribution is 2.32. The van der Waals surface area contributed by atoms with Gasteiger partial charge < -0.3 is 5.73 Å². The molecule has 0 saturated carbocycles. The molecule has 94 valence electrons. The number of benzene rings is 2. The van der Waals surface area contributed by atoms with Crippen LogP contribution in [-0.2, 0) is 5.75 Å². The van der Waals surface area contributed by atoms with Crippen LogP contribution in [0.25, 0.3) is 0 Å². The molecule has 4 heteroatoms. The first-order valence-electron chi connectivity index (χ1n) is 5.49. The summed E-state index contributed by atoms with van der Waals surface area (Å²) in [6, 6.07) is 10.7. The average Bonchev–Trinajstić information content (AvgIpc) is 2.30. The number of aryl methyl sites for hydroxylation is 1. The molecule has 0 aliphatic carbocycles. The Labute approximate surface area is 119 Å². The van der Waals surface area contributed by atoms with E-state index in [0.29, 0.717) is 0 Å². The van der Waals surface area contributed by atoms with Crippen molar-refractivity contribution in [1.82, 2.24) is 0 Å². The first kappa shape index (κ1) is 13.4. The fraction of sp³-hybridized carbons (Fsp3) is 0.143. The Balaban J connectivity index is 2.11. The monoisotopic (exact) mass is 325 g/mol. The van der Waals surface area contributed by atoms with Crippen LogP contribution in [-0.4, -0.2) is 0 Å². The van der Waals surface area contributed by atoms with E-state index in [1.165, 1.54) is 6.07 Å². The molecule has 0 amide bonds. The van der Waals surface area contributed by atoms with Crippen molar-refractivity contribution in [3.63, 3.8) is 0 Å². The second kappa shape index (κ2) is 5.76. The predicted octanol–water partition coefficient (Wildman–Crippen LogP) is 4.77. The fourth-order valence-electron chi connectivity index (χ4n) is 1.61. The zero-order valence-electron chi connectivity index (χ0n) is 9.91. The Kier molecular flexibility index (Phi) is 4.30. The Morgan fingerprint density at radius 1 is 1.22 bits per heavy atom. The topological polar surface area (TPSA) is 26.0 Å². The maximum absolute atomic E-state index is 13.0. The van der Waals surface area contributed by atoms with E-state index in [1.54, 1.807) is 17.8 Å². The van der Waals surface area contributed by atoms with Crippen LogP contribution in [0.4, 0.5) is 10.1 Å². The summed E-state index contributed by atoms with van der Waals surface area (Å²) in [5.74, 6) is 0.629. The summed E-state index contributed by atoms with van der Waals surface area (Å²) < 4.78 is 14.0. The number of anilines is 1. The number of hydrogen-bond donors (Lipinski definition) is 1. The third-order valence-electron chi connectivity index (χ3n) is 2.64. The minimum absolute atomic E-state index is 0.185. The van der Waals surface area contributed by atoms with Crippen LogP contribution in [0.5, 0.6) is 0 Å². The fourth-order valence-corrected chi connectivity index (χ4v) is 3.35. The average molecular weight is 326 g/mol. The zero-order valence-corrected chi connectivity index (χ0v) is 12.3. The van der Waals surface area contributed by atoms with E-state index >= 15 is 0 Å². The Morgan fingerprint density at radius 3 is 2.67 bits per heavy atom. The van der Waals surface area contributed by atoms with Crippen molar-refractivity contribution in [2.75, 3.05) is 5.73 Å². The molecule has 1 nitrogen and oxygen atoms in total. The maximum Gasteiger partial charge on any atom is 0.123 e. The van der Waals surface area contributed by atoms with Gasteiger partial charge in [-0.25, -0.2) is 4.39 Å². The van der Waals surface area contributed by atoms with E-state index in [2.05, 4.69) is 15.9 Å². The lowest BCUT2D eigenvalue weighted by Crippen LogP contribution is -1.89. The summed E-state index contributed by atoms with van der Waals surface area (Å²) in [4.78, 5) is 1.13. The maximum atomic E-state index is 13.0. The SMILES string of the molecule is Cc1cc(F)ccc1CSc1ccc(N)cc1Br. The van der Waals surface area contributed by atoms with Crippen molar-refractivity contribution in [1.29, 1.82) is 0 Å². The minimum atomic E-state index is -0.185. The molecular weight excluding hydrogens is 313 g/mol. The first-order valence-corrected chi connectivity index (χ1v) is 7.27. The number of rotatable bonds is 3. The molecule has 2 aromatic rings. The molecule has 0 aliphatic rings. The van der Waals surface area contributed by atoms with Gasteiger partial charge in [0.1, 0.15) is 5.82 Å². The van der Waals surface area contributed by atoms with Crippen molar-refractivity contribution < 1.29 is 4.39 Å². The Morgan fingerprint density at radius 2 is 2.00 bits per heavy atom. The third-order valence-corrected chi connectivity index (χ3v) is 4.68. The quantitative estimate of drug-likeness (QED) is 0.649. The summed E-state index contributed by atoms with van der Waals surface area (Å²) in [7, 11) is 0. The lowest BCUT2D eigenvalue weighted by atomic mass is 10.1. The second-order valence-corrected chi connectivity index (χ2v) is 5.92. The van der Waals surface area contributed by atoms with Crippen molar-refractivity contribution in [2.24, 2.45) is 0 Å². The van der Waals surface area contributed by atoms with Crippen molar-refractivity contribution in [3.05, 3.63) is 57.8 Å². The van der Waals surface area contributed by atoms with Crippen LogP contribution in [0.3, 0.4) is 0 Å². The molecule has 0 aliphatic heterocycles. The van der Waals surface area contributed by atoms with Gasteiger partial charge in [0.25, 0.3) is 0 Å². The van der Waals surface area contributed by atoms with Gasteiger partial charge in [0, 0.05) is 20.8 Å². The highest BCUT2D eigenvalue weighted by atomic mass is 79.9. The van der Waals surface area contributed by atoms with Crippen molar-refractivity contribution in [3.8, 4) is 0 Å². The van der Waals surface area contributed by atoms with Crippen LogP contribution in [0.2, 0.25) is 0 Å². The lowest BCUT2D eigenvalue weighted by molar-refractivity contribution is 0.626. The van der Waals surface area contributed by atoms with Gasteiger partial charge in [-0.05, 0) is 64.3 Å². The normalized spacial score (nSPS) is 10.6. The molecule has 0 bridgehead atoms. The number of hydrogen-bond acceptors (Lipinski definition) is 2. The lowest BCUT2D eigenvalue weighted by Gasteiger charge is -2.08. The molecule has 0 unspecified atom stereocenters. The standard InChI is InChI=1S/C14H13BrFNS/c1-9-6-11(16)3-2-10(9)8-18-14-5-4-12(17)7-13(14)15/h2-7H,8,17H2,1H3. The smallest absolute Gasteiger partial charge is 0.123 e. The second-order valence-electron chi connectivity index (χ2n) is 4.05. The molecule has 0 fully saturated rings. The highest BCUT2D eigenvalue weighted by Gasteiger charge is 2.04. The van der Waals surface area contributed by atoms with Crippen LogP contribution >= 0.6 is 27.7 Å². The predicted molar refractivity (Wildman–Crippen MR) is 79.3 cm³/mol. The third kappa shape index (κ3) is 3.27. The molecule has 2 rings (SSSR count). The summed E-state index contributed by atoms with van der Waals surface area (Å²) in [5.41, 5.74) is 8.56. The van der Waals surface area contributed by atoms with E-state index in [0.717, 1.165) is 31.9 Å². The van der Waals surface area contributed by atoms with Crippen LogP contribution in [0.15, 0.2) is 45.8 Å². The number of nitrogens with two attached hydrogens (primary N) is 1. The summed E-state index contributed by atoms with van der Waals surface area (Å²) in [6.07, 6.45) is 0. The molecule has 0 atom stereocenters. The molecule has 0 heterocycles. The molecule has 0 saturated heterocycles. The number of thioether (sulfide) groups is 1. The van der Waals surface area contributed by atoms with Crippen molar-refractivity contribution >= 4 is 33.4 Å². The van der Waals surface area contributed by atoms with Crippen LogP contribution < -0.4 is 5.73 Å². The van der Waals surface area contributed by atoms with Crippen LogP contribution in [0, 0.1) is 12.7 Å². The highest BCUT2D eigenvalue weighted by molar-refractivity contribution is 9.10. The molecular formula is C14H13BrFNS. The summed E-state index contributed by atoms with van der Waals surface area (Å²) in [5, 5.41) is 0. The first-order chi connectivity index (χ1) is 8.56. The summed E-state index contributed by atoms with van der Waals surface area (Å²) >= 11 is 5.19. The van der Waals surface area contributed by atoms with E-state index in [-0.39, 0.29) is 5.82 Å². The summed E-state index contributed by atoms with van der Waals surface area (Å²) in [6.45, 7) is 1.93. The van der Waals surface area contributed by atoms with Crippen molar-refractivity contribution in [2.45, 2.75) is 17.6 Å². The molecule has 18 heavy (non-hydrogen) atoms. The number of nitrogen functional groups attached to an aromatic ring is 1. The Bertz CT molecular complexity index is 520. The van der Waals surface area contributed by atoms with E-state index in [4.69, 9.17) is 5.73 Å². The van der Waals surface area contributed by atoms with Gasteiger partial charge in [0.15, 0.2) is 0 Å². The molecule has 0 radical (unpaired) electrons. The van der Waals surface area contributed by atoms with Gasteiger partial charge in [-0.15, -0.1) is 11.8 Å². The Hall–Kier alpha value is -1.00. The minimum Gasteiger partial charge on any atom is -0.399 e. The molecule has 2 N–H and O–H groups in total. The van der Waals surface area contributed by atoms with Gasteiger partial charge in [-0.3, -0.25) is 0 Å². The van der Waals surface area contributed by atoms with E-state index in [1.807, 2.05) is 31.2 Å². The van der Waals surface area contributed by atoms with Gasteiger partial charge >= 0.3 is 0 Å². The number of halogens is 2. The van der Waals surface area contributed by atoms with Gasteiger partial charge in [-0.2, -0.15) is 0 Å². The molecule has 0 spiro atoms. The zero-order chi connectivity index (χ0) is 13.1. The van der Waals surface area contributed by atoms with Gasteiger partial charge in [-0.1, -0.05) is 6.07 Å². The molecule has 2 aromatic carbocycles. The van der Waals surface area contributed by atoms with Crippen LogP contribution in [0.1, 0.15) is 11.1 Å². The largest absolute Gasteiger partial charge is 0.399 e.